The molecule has 1 heterocycles. The first-order valence-corrected chi connectivity index (χ1v) is 6.42. The summed E-state index contributed by atoms with van der Waals surface area (Å²) in [5.41, 5.74) is 0.561. The van der Waals surface area contributed by atoms with Crippen LogP contribution < -0.4 is 0 Å². The monoisotopic (exact) mass is 236 g/mol. The van der Waals surface area contributed by atoms with E-state index in [0.29, 0.717) is 18.2 Å². The fraction of sp³-hybridized carbons (Fsp3) is 0.692. The van der Waals surface area contributed by atoms with E-state index in [0.717, 1.165) is 18.8 Å². The largest absolute Gasteiger partial charge is 0.462 e. The summed E-state index contributed by atoms with van der Waals surface area (Å²) in [6, 6.07) is 0.453. The lowest BCUT2D eigenvalue weighted by Crippen LogP contribution is -2.17. The average Bonchev–Trinajstić information content (AvgIpc) is 2.80. The number of aromatic nitrogens is 2. The second-order valence-electron chi connectivity index (χ2n) is 4.84. The Balaban J connectivity index is 2.00. The Morgan fingerprint density at radius 3 is 2.82 bits per heavy atom. The summed E-state index contributed by atoms with van der Waals surface area (Å²) in [4.78, 5) is 11.5. The number of carbonyl (C=O) groups is 1. The van der Waals surface area contributed by atoms with Gasteiger partial charge < -0.3 is 4.74 Å². The van der Waals surface area contributed by atoms with Gasteiger partial charge >= 0.3 is 5.97 Å². The number of hydrogen-bond acceptors (Lipinski definition) is 3. The van der Waals surface area contributed by atoms with E-state index in [1.54, 1.807) is 6.20 Å². The van der Waals surface area contributed by atoms with Gasteiger partial charge in [0.15, 0.2) is 0 Å². The van der Waals surface area contributed by atoms with Crippen LogP contribution in [-0.2, 0) is 4.74 Å². The Hall–Kier alpha value is -1.32. The lowest BCUT2D eigenvalue weighted by atomic mass is 9.87. The second-order valence-corrected chi connectivity index (χ2v) is 4.84. The van der Waals surface area contributed by atoms with Crippen molar-refractivity contribution in [2.24, 2.45) is 5.92 Å². The quantitative estimate of drug-likeness (QED) is 0.758. The Morgan fingerprint density at radius 1 is 1.47 bits per heavy atom. The molecule has 0 atom stereocenters. The molecule has 0 spiro atoms. The van der Waals surface area contributed by atoms with Crippen molar-refractivity contribution in [2.45, 2.75) is 45.6 Å². The predicted molar refractivity (Wildman–Crippen MR) is 64.9 cm³/mol. The summed E-state index contributed by atoms with van der Waals surface area (Å²) in [6.45, 7) is 4.51. The summed E-state index contributed by atoms with van der Waals surface area (Å²) in [5.74, 6) is 0.550. The molecule has 94 valence electrons. The van der Waals surface area contributed by atoms with E-state index in [1.165, 1.54) is 12.8 Å². The zero-order chi connectivity index (χ0) is 12.3. The van der Waals surface area contributed by atoms with Gasteiger partial charge in [-0.3, -0.25) is 4.68 Å². The standard InChI is InChI=1S/C13H20N2O2/c1-3-17-13(16)11-8-14-15(9-11)12-6-4-10(2)5-7-12/h8-10,12H,3-7H2,1-2H3. The smallest absolute Gasteiger partial charge is 0.341 e. The topological polar surface area (TPSA) is 44.1 Å². The van der Waals surface area contributed by atoms with E-state index in [2.05, 4.69) is 12.0 Å². The maximum absolute atomic E-state index is 11.5. The minimum atomic E-state index is -0.275. The predicted octanol–water partition coefficient (Wildman–Crippen LogP) is 2.81. The normalized spacial score (nSPS) is 24.6. The average molecular weight is 236 g/mol. The van der Waals surface area contributed by atoms with Gasteiger partial charge in [0, 0.05) is 6.20 Å². The fourth-order valence-corrected chi connectivity index (χ4v) is 2.36. The van der Waals surface area contributed by atoms with Gasteiger partial charge in [-0.05, 0) is 38.5 Å². The zero-order valence-electron chi connectivity index (χ0n) is 10.6. The van der Waals surface area contributed by atoms with Gasteiger partial charge in [-0.15, -0.1) is 0 Å². The molecule has 4 nitrogen and oxygen atoms in total. The van der Waals surface area contributed by atoms with E-state index in [9.17, 15) is 4.79 Å². The molecule has 1 saturated carbocycles. The molecule has 17 heavy (non-hydrogen) atoms. The van der Waals surface area contributed by atoms with Gasteiger partial charge in [0.1, 0.15) is 0 Å². The minimum absolute atomic E-state index is 0.275. The van der Waals surface area contributed by atoms with Crippen LogP contribution in [0.5, 0.6) is 0 Å². The third-order valence-electron chi connectivity index (χ3n) is 3.47. The van der Waals surface area contributed by atoms with Crippen LogP contribution in [0.15, 0.2) is 12.4 Å². The molecule has 0 saturated heterocycles. The maximum Gasteiger partial charge on any atom is 0.341 e. The van der Waals surface area contributed by atoms with Crippen LogP contribution in [0.3, 0.4) is 0 Å². The van der Waals surface area contributed by atoms with Crippen LogP contribution in [0.2, 0.25) is 0 Å². The highest BCUT2D eigenvalue weighted by atomic mass is 16.5. The molecular formula is C13H20N2O2. The van der Waals surface area contributed by atoms with Crippen molar-refractivity contribution in [3.05, 3.63) is 18.0 Å². The Labute approximate surface area is 102 Å². The van der Waals surface area contributed by atoms with Gasteiger partial charge in [-0.25, -0.2) is 4.79 Å². The molecule has 0 amide bonds. The van der Waals surface area contributed by atoms with Crippen LogP contribution in [-0.4, -0.2) is 22.4 Å². The third-order valence-corrected chi connectivity index (χ3v) is 3.47. The number of hydrogen-bond donors (Lipinski definition) is 0. The highest BCUT2D eigenvalue weighted by molar-refractivity contribution is 5.88. The fourth-order valence-electron chi connectivity index (χ4n) is 2.36. The first-order chi connectivity index (χ1) is 8.20. The number of ether oxygens (including phenoxy) is 1. The lowest BCUT2D eigenvalue weighted by molar-refractivity contribution is 0.0526. The SMILES string of the molecule is CCOC(=O)c1cnn(C2CCC(C)CC2)c1. The van der Waals surface area contributed by atoms with E-state index >= 15 is 0 Å². The molecule has 1 aromatic heterocycles. The molecule has 1 aliphatic rings. The molecule has 0 N–H and O–H groups in total. The molecule has 0 radical (unpaired) electrons. The van der Waals surface area contributed by atoms with Gasteiger partial charge in [0.25, 0.3) is 0 Å². The molecule has 0 aromatic carbocycles. The molecule has 4 heteroatoms. The van der Waals surface area contributed by atoms with Crippen molar-refractivity contribution in [1.82, 2.24) is 9.78 Å². The van der Waals surface area contributed by atoms with Crippen LogP contribution >= 0.6 is 0 Å². The van der Waals surface area contributed by atoms with Crippen molar-refractivity contribution >= 4 is 5.97 Å². The zero-order valence-corrected chi connectivity index (χ0v) is 10.6. The minimum Gasteiger partial charge on any atom is -0.462 e. The summed E-state index contributed by atoms with van der Waals surface area (Å²) in [7, 11) is 0. The number of nitrogens with zero attached hydrogens (tertiary/aromatic N) is 2. The highest BCUT2D eigenvalue weighted by Crippen LogP contribution is 2.31. The third kappa shape index (κ3) is 2.87. The van der Waals surface area contributed by atoms with Crippen LogP contribution in [0.25, 0.3) is 0 Å². The Bertz CT molecular complexity index is 379. The van der Waals surface area contributed by atoms with E-state index in [4.69, 9.17) is 4.74 Å². The molecule has 2 rings (SSSR count). The van der Waals surface area contributed by atoms with Crippen molar-refractivity contribution in [3.8, 4) is 0 Å². The van der Waals surface area contributed by atoms with E-state index < -0.39 is 0 Å². The summed E-state index contributed by atoms with van der Waals surface area (Å²) in [5, 5.41) is 4.28. The summed E-state index contributed by atoms with van der Waals surface area (Å²) < 4.78 is 6.88. The van der Waals surface area contributed by atoms with Crippen molar-refractivity contribution in [3.63, 3.8) is 0 Å². The van der Waals surface area contributed by atoms with Crippen LogP contribution in [0.4, 0.5) is 0 Å². The van der Waals surface area contributed by atoms with Gasteiger partial charge in [-0.1, -0.05) is 6.92 Å². The molecule has 0 aliphatic heterocycles. The Kier molecular flexibility index (Phi) is 3.82. The molecule has 1 fully saturated rings. The van der Waals surface area contributed by atoms with Gasteiger partial charge in [0.2, 0.25) is 0 Å². The number of rotatable bonds is 3. The Morgan fingerprint density at radius 2 is 2.18 bits per heavy atom. The first kappa shape index (κ1) is 12.1. The summed E-state index contributed by atoms with van der Waals surface area (Å²) in [6.07, 6.45) is 8.24. The molecule has 1 aliphatic carbocycles. The van der Waals surface area contributed by atoms with Crippen molar-refractivity contribution < 1.29 is 9.53 Å². The number of esters is 1. The molecular weight excluding hydrogens is 216 g/mol. The molecule has 1 aromatic rings. The lowest BCUT2D eigenvalue weighted by Gasteiger charge is -2.26. The van der Waals surface area contributed by atoms with Crippen LogP contribution in [0, 0.1) is 5.92 Å². The van der Waals surface area contributed by atoms with Crippen molar-refractivity contribution in [2.75, 3.05) is 6.61 Å². The number of carbonyl (C=O) groups excluding carboxylic acids is 1. The first-order valence-electron chi connectivity index (χ1n) is 6.42. The molecule has 0 bridgehead atoms. The maximum atomic E-state index is 11.5. The van der Waals surface area contributed by atoms with E-state index in [-0.39, 0.29) is 5.97 Å². The van der Waals surface area contributed by atoms with Gasteiger partial charge in [0.05, 0.1) is 24.4 Å². The molecule has 0 unspecified atom stereocenters. The van der Waals surface area contributed by atoms with Gasteiger partial charge in [-0.2, -0.15) is 5.10 Å². The van der Waals surface area contributed by atoms with E-state index in [1.807, 2.05) is 17.8 Å². The highest BCUT2D eigenvalue weighted by Gasteiger charge is 2.21. The summed E-state index contributed by atoms with van der Waals surface area (Å²) >= 11 is 0. The van der Waals surface area contributed by atoms with Crippen molar-refractivity contribution in [1.29, 1.82) is 0 Å². The van der Waals surface area contributed by atoms with Crippen LogP contribution in [0.1, 0.15) is 55.9 Å². The second kappa shape index (κ2) is 5.34.